The average Bonchev–Trinajstić information content (AvgIpc) is 3.08. The zero-order chi connectivity index (χ0) is 36.2. The van der Waals surface area contributed by atoms with Crippen LogP contribution >= 0.6 is 0 Å². The first kappa shape index (κ1) is 47.0. The van der Waals surface area contributed by atoms with Crippen molar-refractivity contribution in [2.45, 2.75) is 200 Å². The minimum atomic E-state index is -0.940. The lowest BCUT2D eigenvalue weighted by molar-refractivity contribution is -0.161. The summed E-state index contributed by atoms with van der Waals surface area (Å²) in [6.07, 6.45) is 35.2. The number of aliphatic hydroxyl groups is 3. The third-order valence-corrected chi connectivity index (χ3v) is 8.82. The van der Waals surface area contributed by atoms with Crippen molar-refractivity contribution in [3.05, 3.63) is 36.5 Å². The van der Waals surface area contributed by atoms with Crippen molar-refractivity contribution in [1.29, 1.82) is 0 Å². The molecule has 0 bridgehead atoms. The number of hydrogen-bond donors (Lipinski definition) is 3. The van der Waals surface area contributed by atoms with Crippen LogP contribution in [0.5, 0.6) is 0 Å². The summed E-state index contributed by atoms with van der Waals surface area (Å²) in [4.78, 5) is 24.3. The first-order valence-corrected chi connectivity index (χ1v) is 20.1. The quantitative estimate of drug-likeness (QED) is 0.0344. The summed E-state index contributed by atoms with van der Waals surface area (Å²) in [6.45, 7) is 6.21. The molecule has 0 fully saturated rings. The fourth-order valence-electron chi connectivity index (χ4n) is 5.61. The van der Waals surface area contributed by atoms with Gasteiger partial charge in [-0.15, -0.1) is 0 Å². The second-order valence-corrected chi connectivity index (χ2v) is 14.2. The Balaban J connectivity index is 3.79. The molecule has 286 valence electrons. The minimum Gasteiger partial charge on any atom is -0.462 e. The summed E-state index contributed by atoms with van der Waals surface area (Å²) in [5, 5.41) is 30.0. The molecule has 0 saturated heterocycles. The third-order valence-electron chi connectivity index (χ3n) is 8.82. The fourth-order valence-corrected chi connectivity index (χ4v) is 5.61. The number of unbranched alkanes of at least 4 members (excludes halogenated alkanes) is 15. The van der Waals surface area contributed by atoms with E-state index in [2.05, 4.69) is 45.1 Å². The van der Waals surface area contributed by atoms with Crippen LogP contribution < -0.4 is 0 Å². The maximum Gasteiger partial charge on any atom is 0.306 e. The first-order chi connectivity index (χ1) is 23.8. The maximum atomic E-state index is 12.2. The summed E-state index contributed by atoms with van der Waals surface area (Å²) in [5.74, 6) is -0.0406. The number of ether oxygens (including phenoxy) is 2. The van der Waals surface area contributed by atoms with Gasteiger partial charge in [0, 0.05) is 12.8 Å². The SMILES string of the molecule is CCCCC/C=C\C/C=C\C/C=C\CC(O)C(O)CCCC(=O)O[C@@H](CO)COC(=O)CCCCCCCCCCCCCCCC(C)C. The average molecular weight is 693 g/mol. The van der Waals surface area contributed by atoms with Gasteiger partial charge in [-0.2, -0.15) is 0 Å². The molecule has 0 radical (unpaired) electrons. The van der Waals surface area contributed by atoms with Crippen molar-refractivity contribution in [3.63, 3.8) is 0 Å². The van der Waals surface area contributed by atoms with Gasteiger partial charge >= 0.3 is 11.9 Å². The van der Waals surface area contributed by atoms with Crippen molar-refractivity contribution in [2.75, 3.05) is 13.2 Å². The van der Waals surface area contributed by atoms with E-state index < -0.39 is 30.9 Å². The van der Waals surface area contributed by atoms with Gasteiger partial charge in [0.15, 0.2) is 6.10 Å². The van der Waals surface area contributed by atoms with Crippen molar-refractivity contribution >= 4 is 11.9 Å². The van der Waals surface area contributed by atoms with Crippen molar-refractivity contribution in [3.8, 4) is 0 Å². The number of carbonyl (C=O) groups excluding carboxylic acids is 2. The third kappa shape index (κ3) is 34.3. The predicted octanol–water partition coefficient (Wildman–Crippen LogP) is 10.3. The van der Waals surface area contributed by atoms with E-state index in [9.17, 15) is 24.9 Å². The van der Waals surface area contributed by atoms with E-state index in [0.717, 1.165) is 44.4 Å². The Morgan fingerprint density at radius 1 is 0.592 bits per heavy atom. The number of esters is 2. The molecule has 0 aliphatic carbocycles. The highest BCUT2D eigenvalue weighted by Crippen LogP contribution is 2.15. The first-order valence-electron chi connectivity index (χ1n) is 20.1. The van der Waals surface area contributed by atoms with Gasteiger partial charge < -0.3 is 24.8 Å². The lowest BCUT2D eigenvalue weighted by Gasteiger charge is -2.17. The Morgan fingerprint density at radius 3 is 1.69 bits per heavy atom. The van der Waals surface area contributed by atoms with Crippen LogP contribution in [-0.4, -0.2) is 58.8 Å². The van der Waals surface area contributed by atoms with Crippen LogP contribution in [0.25, 0.3) is 0 Å². The molecule has 0 aliphatic heterocycles. The number of rotatable bonds is 35. The zero-order valence-corrected chi connectivity index (χ0v) is 31.8. The van der Waals surface area contributed by atoms with E-state index in [0.29, 0.717) is 19.3 Å². The van der Waals surface area contributed by atoms with Gasteiger partial charge in [0.25, 0.3) is 0 Å². The second kappa shape index (κ2) is 35.9. The summed E-state index contributed by atoms with van der Waals surface area (Å²) >= 11 is 0. The maximum absolute atomic E-state index is 12.2. The molecule has 7 heteroatoms. The molecule has 0 amide bonds. The Kier molecular flexibility index (Phi) is 34.4. The van der Waals surface area contributed by atoms with E-state index >= 15 is 0 Å². The highest BCUT2D eigenvalue weighted by atomic mass is 16.6. The molecule has 0 aromatic carbocycles. The summed E-state index contributed by atoms with van der Waals surface area (Å²) < 4.78 is 10.5. The largest absolute Gasteiger partial charge is 0.462 e. The van der Waals surface area contributed by atoms with Gasteiger partial charge in [-0.25, -0.2) is 0 Å². The van der Waals surface area contributed by atoms with Crippen LogP contribution in [0.3, 0.4) is 0 Å². The van der Waals surface area contributed by atoms with Crippen LogP contribution in [0.1, 0.15) is 181 Å². The van der Waals surface area contributed by atoms with Crippen molar-refractivity contribution in [2.24, 2.45) is 5.92 Å². The minimum absolute atomic E-state index is 0.0421. The number of hydrogen-bond acceptors (Lipinski definition) is 7. The highest BCUT2D eigenvalue weighted by Gasteiger charge is 2.18. The monoisotopic (exact) mass is 693 g/mol. The van der Waals surface area contributed by atoms with Crippen molar-refractivity contribution < 1.29 is 34.4 Å². The highest BCUT2D eigenvalue weighted by molar-refractivity contribution is 5.70. The van der Waals surface area contributed by atoms with E-state index in [4.69, 9.17) is 9.47 Å². The normalized spacial score (nSPS) is 13.9. The summed E-state index contributed by atoms with van der Waals surface area (Å²) in [6, 6.07) is 0. The van der Waals surface area contributed by atoms with E-state index in [1.165, 1.54) is 89.9 Å². The van der Waals surface area contributed by atoms with Crippen LogP contribution in [0.2, 0.25) is 0 Å². The number of aliphatic hydroxyl groups excluding tert-OH is 3. The zero-order valence-electron chi connectivity index (χ0n) is 31.8. The lowest BCUT2D eigenvalue weighted by atomic mass is 10.0. The van der Waals surface area contributed by atoms with Crippen molar-refractivity contribution in [1.82, 2.24) is 0 Å². The smallest absolute Gasteiger partial charge is 0.306 e. The molecule has 0 aromatic rings. The van der Waals surface area contributed by atoms with Gasteiger partial charge in [0.2, 0.25) is 0 Å². The molecule has 0 rings (SSSR count). The van der Waals surface area contributed by atoms with Crippen LogP contribution in [0, 0.1) is 5.92 Å². The van der Waals surface area contributed by atoms with Crippen LogP contribution in [0.4, 0.5) is 0 Å². The molecule has 2 unspecified atom stereocenters. The molecule has 7 nitrogen and oxygen atoms in total. The van der Waals surface area contributed by atoms with Gasteiger partial charge in [-0.1, -0.05) is 154 Å². The molecule has 3 atom stereocenters. The van der Waals surface area contributed by atoms with Gasteiger partial charge in [0.05, 0.1) is 18.8 Å². The second-order valence-electron chi connectivity index (χ2n) is 14.2. The number of carbonyl (C=O) groups is 2. The molecule has 0 aromatic heterocycles. The van der Waals surface area contributed by atoms with E-state index in [1.807, 2.05) is 12.2 Å². The molecule has 0 aliphatic rings. The van der Waals surface area contributed by atoms with E-state index in [1.54, 1.807) is 0 Å². The topological polar surface area (TPSA) is 113 Å². The lowest BCUT2D eigenvalue weighted by Crippen LogP contribution is -2.29. The molecule has 0 saturated carbocycles. The molecule has 0 heterocycles. The molecule has 0 spiro atoms. The fraction of sp³-hybridized carbons (Fsp3) is 0.810. The standard InChI is InChI=1S/C42H76O7/c1-4-5-6-7-8-9-10-15-18-21-24-27-31-39(44)40(45)32-29-34-42(47)49-38(35-43)36-48-41(46)33-28-25-22-19-16-13-11-12-14-17-20-23-26-30-37(2)3/h8-9,15,18,24,27,37-40,43-45H,4-7,10-14,16-17,19-23,25-26,28-36H2,1-3H3/b9-8-,18-15-,27-24-/t38-,39?,40?/m0/s1. The molecule has 49 heavy (non-hydrogen) atoms. The van der Waals surface area contributed by atoms with Crippen LogP contribution in [-0.2, 0) is 19.1 Å². The summed E-state index contributed by atoms with van der Waals surface area (Å²) in [7, 11) is 0. The summed E-state index contributed by atoms with van der Waals surface area (Å²) in [5.41, 5.74) is 0. The Labute approximate surface area is 301 Å². The molecular weight excluding hydrogens is 616 g/mol. The molecular formula is C42H76O7. The van der Waals surface area contributed by atoms with Gasteiger partial charge in [-0.3, -0.25) is 9.59 Å². The predicted molar refractivity (Wildman–Crippen MR) is 203 cm³/mol. The Bertz CT molecular complexity index is 835. The molecule has 3 N–H and O–H groups in total. The number of allylic oxidation sites excluding steroid dienone is 5. The van der Waals surface area contributed by atoms with Gasteiger partial charge in [0.1, 0.15) is 6.61 Å². The van der Waals surface area contributed by atoms with Crippen LogP contribution in [0.15, 0.2) is 36.5 Å². The Hall–Kier alpha value is -1.96. The van der Waals surface area contributed by atoms with Gasteiger partial charge in [-0.05, 0) is 57.3 Å². The van der Waals surface area contributed by atoms with E-state index in [-0.39, 0.29) is 25.4 Å². The Morgan fingerprint density at radius 2 is 1.12 bits per heavy atom.